The number of carbonyl (C=O) groups excluding carboxylic acids is 1. The second-order valence-corrected chi connectivity index (χ2v) is 15.1. The SMILES string of the molecule is CC/C=C\C/C=C\C/C=C\C/C=C\CCC(=O)NC(CO)C(O)/C=C/CC/C=C/CC/C=C/CCCCCCCCCCCCCCCCCCCCC. The quantitative estimate of drug-likeness (QED) is 0.0431. The lowest BCUT2D eigenvalue weighted by molar-refractivity contribution is -0.122. The number of amides is 1. The van der Waals surface area contributed by atoms with Crippen molar-refractivity contribution in [2.24, 2.45) is 0 Å². The van der Waals surface area contributed by atoms with Crippen LogP contribution in [0, 0.1) is 0 Å². The van der Waals surface area contributed by atoms with Gasteiger partial charge in [0.2, 0.25) is 5.91 Å². The van der Waals surface area contributed by atoms with Crippen LogP contribution >= 0.6 is 0 Å². The number of aliphatic hydroxyl groups is 2. The molecule has 4 heteroatoms. The molecule has 0 saturated heterocycles. The maximum Gasteiger partial charge on any atom is 0.220 e. The van der Waals surface area contributed by atoms with E-state index in [9.17, 15) is 15.0 Å². The standard InChI is InChI=1S/C50H87NO3/c1-3-5-7-9-11-13-15-17-18-19-20-21-22-23-24-25-26-27-28-29-30-31-32-34-35-37-39-41-43-45-49(53)48(47-52)51-50(54)46-44-42-40-38-36-33-16-14-12-10-8-6-4-2/h6,8,12,14,30-31,33,35-37,40,42-43,45,48-49,52-53H,3-5,7,9-11,13,15-29,32,34,38-39,41,44,46-47H2,1-2H3,(H,51,54)/b8-6-,14-12-,31-30+,36-33-,37-35+,42-40-,45-43+. The first kappa shape index (κ1) is 51.6. The Hall–Kier alpha value is -2.43. The van der Waals surface area contributed by atoms with Gasteiger partial charge in [-0.2, -0.15) is 0 Å². The van der Waals surface area contributed by atoms with Crippen LogP contribution in [0.4, 0.5) is 0 Å². The minimum Gasteiger partial charge on any atom is -0.394 e. The summed E-state index contributed by atoms with van der Waals surface area (Å²) in [6, 6.07) is -0.688. The average Bonchev–Trinajstić information content (AvgIpc) is 3.18. The summed E-state index contributed by atoms with van der Waals surface area (Å²) in [4.78, 5) is 12.3. The van der Waals surface area contributed by atoms with Gasteiger partial charge in [0.25, 0.3) is 0 Å². The zero-order valence-corrected chi connectivity index (χ0v) is 35.5. The van der Waals surface area contributed by atoms with Gasteiger partial charge < -0.3 is 15.5 Å². The molecule has 1 amide bonds. The van der Waals surface area contributed by atoms with Crippen LogP contribution in [0.1, 0.15) is 206 Å². The number of unbranched alkanes of at least 4 members (excludes halogenated alkanes) is 21. The highest BCUT2D eigenvalue weighted by atomic mass is 16.3. The van der Waals surface area contributed by atoms with E-state index in [1.807, 2.05) is 12.2 Å². The number of hydrogen-bond acceptors (Lipinski definition) is 3. The number of aliphatic hydroxyl groups excluding tert-OH is 2. The number of carbonyl (C=O) groups is 1. The van der Waals surface area contributed by atoms with Crippen LogP contribution in [0.15, 0.2) is 85.1 Å². The maximum atomic E-state index is 12.3. The van der Waals surface area contributed by atoms with Crippen LogP contribution in [-0.2, 0) is 4.79 Å². The molecule has 0 aliphatic carbocycles. The van der Waals surface area contributed by atoms with E-state index in [0.29, 0.717) is 12.8 Å². The van der Waals surface area contributed by atoms with Crippen molar-refractivity contribution in [2.75, 3.05) is 6.61 Å². The maximum absolute atomic E-state index is 12.3. The van der Waals surface area contributed by atoms with E-state index < -0.39 is 12.1 Å². The van der Waals surface area contributed by atoms with Gasteiger partial charge in [-0.15, -0.1) is 0 Å². The number of hydrogen-bond donors (Lipinski definition) is 3. The fraction of sp³-hybridized carbons (Fsp3) is 0.700. The zero-order valence-electron chi connectivity index (χ0n) is 35.5. The van der Waals surface area contributed by atoms with E-state index in [2.05, 4.69) is 86.0 Å². The highest BCUT2D eigenvalue weighted by Gasteiger charge is 2.17. The highest BCUT2D eigenvalue weighted by molar-refractivity contribution is 5.76. The Bertz CT molecular complexity index is 988. The minimum absolute atomic E-state index is 0.161. The van der Waals surface area contributed by atoms with Crippen LogP contribution in [0.25, 0.3) is 0 Å². The number of allylic oxidation sites excluding steroid dienone is 13. The number of nitrogens with one attached hydrogen (secondary N) is 1. The van der Waals surface area contributed by atoms with Gasteiger partial charge >= 0.3 is 0 Å². The second kappa shape index (κ2) is 45.0. The van der Waals surface area contributed by atoms with Gasteiger partial charge in [-0.05, 0) is 70.6 Å². The van der Waals surface area contributed by atoms with E-state index in [1.54, 1.807) is 6.08 Å². The summed E-state index contributed by atoms with van der Waals surface area (Å²) in [5.74, 6) is -0.161. The Labute approximate surface area is 335 Å². The van der Waals surface area contributed by atoms with E-state index in [0.717, 1.165) is 51.4 Å². The summed E-state index contributed by atoms with van der Waals surface area (Å²) >= 11 is 0. The molecule has 0 aromatic heterocycles. The molecule has 0 rings (SSSR count). The Balaban J connectivity index is 3.65. The summed E-state index contributed by atoms with van der Waals surface area (Å²) in [5.41, 5.74) is 0. The van der Waals surface area contributed by atoms with E-state index in [-0.39, 0.29) is 12.5 Å². The molecule has 3 N–H and O–H groups in total. The molecule has 2 atom stereocenters. The molecule has 0 aromatic rings. The number of rotatable bonds is 40. The van der Waals surface area contributed by atoms with Gasteiger partial charge in [-0.25, -0.2) is 0 Å². The average molecular weight is 750 g/mol. The van der Waals surface area contributed by atoms with Gasteiger partial charge in [0.15, 0.2) is 0 Å². The Morgan fingerprint density at radius 1 is 0.463 bits per heavy atom. The third kappa shape index (κ3) is 40.7. The molecule has 0 aliphatic heterocycles. The summed E-state index contributed by atoms with van der Waals surface area (Å²) in [6.45, 7) is 4.14. The molecule has 0 aliphatic rings. The van der Waals surface area contributed by atoms with Crippen LogP contribution in [0.5, 0.6) is 0 Å². The van der Waals surface area contributed by atoms with Crippen molar-refractivity contribution in [3.63, 3.8) is 0 Å². The predicted octanol–water partition coefficient (Wildman–Crippen LogP) is 14.5. The van der Waals surface area contributed by atoms with Gasteiger partial charge in [-0.1, -0.05) is 214 Å². The minimum atomic E-state index is -0.903. The van der Waals surface area contributed by atoms with Gasteiger partial charge in [0.05, 0.1) is 18.8 Å². The van der Waals surface area contributed by atoms with Gasteiger partial charge in [0, 0.05) is 6.42 Å². The Kier molecular flexibility index (Phi) is 42.9. The molecule has 0 saturated carbocycles. The molecule has 0 bridgehead atoms. The van der Waals surface area contributed by atoms with Crippen LogP contribution in [0.2, 0.25) is 0 Å². The lowest BCUT2D eigenvalue weighted by atomic mass is 10.0. The lowest BCUT2D eigenvalue weighted by Gasteiger charge is -2.19. The topological polar surface area (TPSA) is 69.6 Å². The summed E-state index contributed by atoms with van der Waals surface area (Å²) in [7, 11) is 0. The fourth-order valence-electron chi connectivity index (χ4n) is 6.40. The first-order valence-corrected chi connectivity index (χ1v) is 22.8. The second-order valence-electron chi connectivity index (χ2n) is 15.1. The first-order chi connectivity index (χ1) is 26.7. The van der Waals surface area contributed by atoms with Crippen molar-refractivity contribution in [3.05, 3.63) is 85.1 Å². The van der Waals surface area contributed by atoms with Crippen LogP contribution < -0.4 is 5.32 Å². The molecular formula is C50H87NO3. The van der Waals surface area contributed by atoms with Crippen molar-refractivity contribution in [1.29, 1.82) is 0 Å². The Morgan fingerprint density at radius 3 is 1.28 bits per heavy atom. The summed E-state index contributed by atoms with van der Waals surface area (Å²) in [5, 5.41) is 22.9. The molecule has 0 radical (unpaired) electrons. The lowest BCUT2D eigenvalue weighted by Crippen LogP contribution is -2.45. The van der Waals surface area contributed by atoms with Crippen molar-refractivity contribution in [3.8, 4) is 0 Å². The molecule has 0 spiro atoms. The molecule has 310 valence electrons. The smallest absolute Gasteiger partial charge is 0.220 e. The Morgan fingerprint density at radius 2 is 0.833 bits per heavy atom. The molecule has 4 nitrogen and oxygen atoms in total. The van der Waals surface area contributed by atoms with Crippen molar-refractivity contribution < 1.29 is 15.0 Å². The predicted molar refractivity (Wildman–Crippen MR) is 239 cm³/mol. The fourth-order valence-corrected chi connectivity index (χ4v) is 6.40. The molecule has 2 unspecified atom stereocenters. The van der Waals surface area contributed by atoms with Crippen LogP contribution in [0.3, 0.4) is 0 Å². The van der Waals surface area contributed by atoms with Crippen molar-refractivity contribution in [2.45, 2.75) is 219 Å². The van der Waals surface area contributed by atoms with E-state index in [4.69, 9.17) is 0 Å². The van der Waals surface area contributed by atoms with Crippen molar-refractivity contribution in [1.82, 2.24) is 5.32 Å². The molecule has 0 fully saturated rings. The molecular weight excluding hydrogens is 663 g/mol. The van der Waals surface area contributed by atoms with Gasteiger partial charge in [0.1, 0.15) is 0 Å². The van der Waals surface area contributed by atoms with Crippen molar-refractivity contribution >= 4 is 5.91 Å². The zero-order chi connectivity index (χ0) is 39.3. The molecule has 54 heavy (non-hydrogen) atoms. The summed E-state index contributed by atoms with van der Waals surface area (Å²) in [6.07, 6.45) is 65.9. The molecule has 0 aromatic carbocycles. The summed E-state index contributed by atoms with van der Waals surface area (Å²) < 4.78 is 0. The van der Waals surface area contributed by atoms with E-state index in [1.165, 1.54) is 128 Å². The van der Waals surface area contributed by atoms with E-state index >= 15 is 0 Å². The first-order valence-electron chi connectivity index (χ1n) is 22.8. The largest absolute Gasteiger partial charge is 0.394 e. The third-order valence-electron chi connectivity index (χ3n) is 9.85. The monoisotopic (exact) mass is 750 g/mol. The molecule has 0 heterocycles. The third-order valence-corrected chi connectivity index (χ3v) is 9.85. The van der Waals surface area contributed by atoms with Crippen LogP contribution in [-0.4, -0.2) is 34.9 Å². The highest BCUT2D eigenvalue weighted by Crippen LogP contribution is 2.15. The normalized spacial score (nSPS) is 13.8. The van der Waals surface area contributed by atoms with Gasteiger partial charge in [-0.3, -0.25) is 4.79 Å².